The molecule has 5 nitrogen and oxygen atoms in total. The van der Waals surface area contributed by atoms with Crippen LogP contribution >= 0.6 is 0 Å². The maximum absolute atomic E-state index is 13.8. The van der Waals surface area contributed by atoms with Gasteiger partial charge in [0.15, 0.2) is 6.23 Å². The second-order valence-corrected chi connectivity index (χ2v) is 11.0. The van der Waals surface area contributed by atoms with Crippen molar-refractivity contribution in [2.24, 2.45) is 0 Å². The summed E-state index contributed by atoms with van der Waals surface area (Å²) in [4.78, 5) is 15.2. The minimum atomic E-state index is -1.13. The van der Waals surface area contributed by atoms with Crippen LogP contribution in [0.1, 0.15) is 22.1 Å². The quantitative estimate of drug-likeness (QED) is 0.238. The van der Waals surface area contributed by atoms with Crippen molar-refractivity contribution in [3.05, 3.63) is 151 Å². The van der Waals surface area contributed by atoms with Crippen LogP contribution in [-0.2, 0) is 0 Å². The van der Waals surface area contributed by atoms with Crippen LogP contribution in [-0.4, -0.2) is 20.1 Å². The number of benzene rings is 6. The summed E-state index contributed by atoms with van der Waals surface area (Å²) in [6.45, 7) is 0. The Morgan fingerprint density at radius 2 is 1.00 bits per heavy atom. The van der Waals surface area contributed by atoms with E-state index in [-0.39, 0.29) is 5.91 Å². The van der Waals surface area contributed by atoms with Crippen LogP contribution in [0.2, 0.25) is 0 Å². The van der Waals surface area contributed by atoms with Gasteiger partial charge in [-0.3, -0.25) is 9.69 Å². The van der Waals surface area contributed by atoms with Crippen LogP contribution in [0.25, 0.3) is 55.0 Å². The number of aliphatic hydroxyl groups is 1. The summed E-state index contributed by atoms with van der Waals surface area (Å²) in [7, 11) is 0. The highest BCUT2D eigenvalue weighted by molar-refractivity contribution is 6.16. The number of carbonyl (C=O) groups excluding carboxylic acids is 1. The normalized spacial score (nSPS) is 14.9. The van der Waals surface area contributed by atoms with Crippen molar-refractivity contribution < 1.29 is 9.90 Å². The van der Waals surface area contributed by atoms with Gasteiger partial charge in [-0.15, -0.1) is 0 Å². The van der Waals surface area contributed by atoms with Crippen molar-refractivity contribution in [2.75, 3.05) is 4.90 Å². The topological polar surface area (TPSA) is 50.4 Å². The smallest absolute Gasteiger partial charge is 0.261 e. The van der Waals surface area contributed by atoms with Gasteiger partial charge in [0.2, 0.25) is 0 Å². The van der Waals surface area contributed by atoms with E-state index in [2.05, 4.69) is 94.1 Å². The molecule has 2 aromatic heterocycles. The first kappa shape index (κ1) is 24.0. The number of aliphatic hydroxyl groups excluding tert-OH is 1. The third-order valence-corrected chi connectivity index (χ3v) is 8.80. The van der Waals surface area contributed by atoms with Crippen molar-refractivity contribution >= 4 is 55.2 Å². The number of fused-ring (bicyclic) bond motifs is 7. The average Bonchev–Trinajstić information content (AvgIpc) is 3.67. The van der Waals surface area contributed by atoms with Crippen molar-refractivity contribution in [3.63, 3.8) is 0 Å². The Balaban J connectivity index is 1.40. The number of hydrogen-bond donors (Lipinski definition) is 1. The third-order valence-electron chi connectivity index (χ3n) is 8.80. The number of carbonyl (C=O) groups is 1. The molecule has 5 heteroatoms. The molecular weight excluding hydrogens is 530 g/mol. The van der Waals surface area contributed by atoms with E-state index in [4.69, 9.17) is 0 Å². The zero-order chi connectivity index (χ0) is 28.7. The first-order valence-corrected chi connectivity index (χ1v) is 14.4. The fraction of sp³-hybridized carbons (Fsp3) is 0.0263. The number of amides is 1. The molecule has 0 fully saturated rings. The average molecular weight is 556 g/mol. The molecule has 0 aliphatic carbocycles. The van der Waals surface area contributed by atoms with Gasteiger partial charge in [-0.05, 0) is 48.5 Å². The van der Waals surface area contributed by atoms with Crippen LogP contribution in [0.3, 0.4) is 0 Å². The second kappa shape index (κ2) is 8.92. The van der Waals surface area contributed by atoms with E-state index in [1.54, 1.807) is 0 Å². The summed E-state index contributed by atoms with van der Waals surface area (Å²) >= 11 is 0. The molecule has 1 atom stereocenters. The molecule has 1 aliphatic heterocycles. The third kappa shape index (κ3) is 3.22. The zero-order valence-electron chi connectivity index (χ0n) is 23.1. The molecule has 0 saturated heterocycles. The number of para-hydroxylation sites is 5. The van der Waals surface area contributed by atoms with Gasteiger partial charge in [0.1, 0.15) is 0 Å². The van der Waals surface area contributed by atoms with E-state index in [1.165, 1.54) is 15.7 Å². The molecule has 0 saturated carbocycles. The number of nitrogens with zero attached hydrogens (tertiary/aromatic N) is 3. The van der Waals surface area contributed by atoms with Gasteiger partial charge in [-0.25, -0.2) is 0 Å². The summed E-state index contributed by atoms with van der Waals surface area (Å²) in [6, 6.07) is 46.9. The molecule has 0 bridgehead atoms. The highest BCUT2D eigenvalue weighted by Crippen LogP contribution is 2.44. The lowest BCUT2D eigenvalue weighted by atomic mass is 10.1. The summed E-state index contributed by atoms with van der Waals surface area (Å²) in [5.41, 5.74) is 7.87. The maximum atomic E-state index is 13.8. The Labute approximate surface area is 247 Å². The standard InChI is InChI=1S/C38H25N3O2/c42-37-29-18-11-22-33(35(29)38(43)39(37)24-12-2-1-3-13-24)41-32-21-9-6-16-27(32)28-17-10-23-34(36(28)41)40-30-19-7-4-14-25(30)26-15-5-8-20-31(26)40/h1-23,38,43H. The van der Waals surface area contributed by atoms with Crippen LogP contribution in [0.15, 0.2) is 140 Å². The summed E-state index contributed by atoms with van der Waals surface area (Å²) in [5, 5.41) is 16.4. The molecule has 204 valence electrons. The van der Waals surface area contributed by atoms with Crippen molar-refractivity contribution in [2.45, 2.75) is 6.23 Å². The molecule has 1 aliphatic rings. The number of rotatable bonds is 3. The lowest BCUT2D eigenvalue weighted by molar-refractivity contribution is 0.0935. The van der Waals surface area contributed by atoms with Crippen LogP contribution in [0.4, 0.5) is 5.69 Å². The Morgan fingerprint density at radius 1 is 0.488 bits per heavy atom. The SMILES string of the molecule is O=C1c2cccc(-n3c4ccccc4c4cccc(-n5c6ccccc6c6ccccc65)c43)c2C(O)N1c1ccccc1. The molecule has 0 spiro atoms. The monoisotopic (exact) mass is 555 g/mol. The fourth-order valence-electron chi connectivity index (χ4n) is 7.04. The van der Waals surface area contributed by atoms with E-state index < -0.39 is 6.23 Å². The first-order valence-electron chi connectivity index (χ1n) is 14.4. The second-order valence-electron chi connectivity index (χ2n) is 11.0. The minimum Gasteiger partial charge on any atom is -0.369 e. The van der Waals surface area contributed by atoms with Crippen molar-refractivity contribution in [1.29, 1.82) is 0 Å². The summed E-state index contributed by atoms with van der Waals surface area (Å²) < 4.78 is 4.57. The van der Waals surface area contributed by atoms with Gasteiger partial charge >= 0.3 is 0 Å². The van der Waals surface area contributed by atoms with Gasteiger partial charge < -0.3 is 14.2 Å². The molecule has 9 rings (SSSR count). The van der Waals surface area contributed by atoms with Gasteiger partial charge in [0, 0.05) is 38.4 Å². The largest absolute Gasteiger partial charge is 0.369 e. The minimum absolute atomic E-state index is 0.209. The number of aromatic nitrogens is 2. The maximum Gasteiger partial charge on any atom is 0.261 e. The lowest BCUT2D eigenvalue weighted by Crippen LogP contribution is -2.27. The predicted molar refractivity (Wildman–Crippen MR) is 173 cm³/mol. The van der Waals surface area contributed by atoms with E-state index in [9.17, 15) is 9.90 Å². The molecule has 1 N–H and O–H groups in total. The predicted octanol–water partition coefficient (Wildman–Crippen LogP) is 8.53. The molecule has 0 radical (unpaired) electrons. The first-order chi connectivity index (χ1) is 21.2. The molecule has 1 unspecified atom stereocenters. The number of anilines is 1. The van der Waals surface area contributed by atoms with Gasteiger partial charge in [-0.2, -0.15) is 0 Å². The molecule has 3 heterocycles. The molecule has 1 amide bonds. The van der Waals surface area contributed by atoms with Gasteiger partial charge in [-0.1, -0.05) is 91.0 Å². The van der Waals surface area contributed by atoms with E-state index >= 15 is 0 Å². The van der Waals surface area contributed by atoms with E-state index in [1.807, 2.05) is 54.6 Å². The van der Waals surface area contributed by atoms with E-state index in [0.717, 1.165) is 44.2 Å². The van der Waals surface area contributed by atoms with Crippen LogP contribution in [0, 0.1) is 0 Å². The molecule has 6 aromatic carbocycles. The Morgan fingerprint density at radius 3 is 1.67 bits per heavy atom. The Hall–Kier alpha value is -5.65. The highest BCUT2D eigenvalue weighted by atomic mass is 16.3. The Bertz CT molecular complexity index is 2350. The van der Waals surface area contributed by atoms with Crippen molar-refractivity contribution in [3.8, 4) is 11.4 Å². The highest BCUT2D eigenvalue weighted by Gasteiger charge is 2.39. The van der Waals surface area contributed by atoms with E-state index in [0.29, 0.717) is 16.8 Å². The van der Waals surface area contributed by atoms with Crippen molar-refractivity contribution in [1.82, 2.24) is 9.13 Å². The molecule has 43 heavy (non-hydrogen) atoms. The summed E-state index contributed by atoms with van der Waals surface area (Å²) in [5.74, 6) is -0.209. The van der Waals surface area contributed by atoms with Crippen LogP contribution in [0.5, 0.6) is 0 Å². The molecule has 8 aromatic rings. The Kier molecular flexibility index (Phi) is 4.98. The van der Waals surface area contributed by atoms with Gasteiger partial charge in [0.05, 0.1) is 33.4 Å². The summed E-state index contributed by atoms with van der Waals surface area (Å²) in [6.07, 6.45) is -1.13. The fourth-order valence-corrected chi connectivity index (χ4v) is 7.04. The van der Waals surface area contributed by atoms with Crippen LogP contribution < -0.4 is 4.90 Å². The zero-order valence-corrected chi connectivity index (χ0v) is 23.1. The lowest BCUT2D eigenvalue weighted by Gasteiger charge is -2.22. The van der Waals surface area contributed by atoms with Gasteiger partial charge in [0.25, 0.3) is 5.91 Å². The molecular formula is C38H25N3O2. The number of hydrogen-bond acceptors (Lipinski definition) is 2.